The highest BCUT2D eigenvalue weighted by atomic mass is 32.1. The number of fused-ring (bicyclic) bond motifs is 6. The average molecular weight is 793 g/mol. The fourth-order valence-corrected chi connectivity index (χ4v) is 12.6. The van der Waals surface area contributed by atoms with E-state index in [1.165, 1.54) is 84.0 Å². The number of nitrogens with zero attached hydrogens (tertiary/aromatic N) is 2. The summed E-state index contributed by atoms with van der Waals surface area (Å²) in [5, 5.41) is 1.41. The molecule has 0 radical (unpaired) electrons. The lowest BCUT2D eigenvalue weighted by Gasteiger charge is -2.55. The lowest BCUT2D eigenvalue weighted by atomic mass is 9.32. The van der Waals surface area contributed by atoms with Gasteiger partial charge in [0.15, 0.2) is 0 Å². The summed E-state index contributed by atoms with van der Waals surface area (Å²) in [6.07, 6.45) is 12.3. The molecule has 5 aliphatic rings. The van der Waals surface area contributed by atoms with Crippen LogP contribution in [0, 0.1) is 23.7 Å². The maximum Gasteiger partial charge on any atom is 0.259 e. The van der Waals surface area contributed by atoms with Gasteiger partial charge in [-0.15, -0.1) is 11.3 Å². The van der Waals surface area contributed by atoms with Crippen LogP contribution in [0.4, 0.5) is 17.1 Å². The monoisotopic (exact) mass is 792 g/mol. The van der Waals surface area contributed by atoms with Crippen LogP contribution in [0.5, 0.6) is 0 Å². The minimum Gasteiger partial charge on any atom is -0.334 e. The molecule has 0 amide bonds. The van der Waals surface area contributed by atoms with E-state index in [0.29, 0.717) is 5.92 Å². The third-order valence-corrected chi connectivity index (χ3v) is 16.1. The van der Waals surface area contributed by atoms with Crippen molar-refractivity contribution in [1.82, 2.24) is 0 Å². The van der Waals surface area contributed by atoms with Crippen molar-refractivity contribution in [3.63, 3.8) is 0 Å². The van der Waals surface area contributed by atoms with E-state index in [4.69, 9.17) is 0 Å². The second-order valence-corrected chi connectivity index (χ2v) is 22.8. The molecule has 0 saturated heterocycles. The first-order valence-electron chi connectivity index (χ1n) is 22.2. The molecule has 2 atom stereocenters. The van der Waals surface area contributed by atoms with Gasteiger partial charge in [0.25, 0.3) is 6.71 Å². The molecule has 2 aliphatic heterocycles. The van der Waals surface area contributed by atoms with Gasteiger partial charge in [-0.3, -0.25) is 0 Å². The van der Waals surface area contributed by atoms with E-state index >= 15 is 0 Å². The van der Waals surface area contributed by atoms with Gasteiger partial charge in [0.05, 0.1) is 11.7 Å². The molecule has 0 spiro atoms. The molecule has 2 unspecified atom stereocenters. The van der Waals surface area contributed by atoms with Crippen LogP contribution >= 0.6 is 11.3 Å². The molecule has 10 rings (SSSR count). The predicted molar refractivity (Wildman–Crippen MR) is 257 cm³/mol. The first-order chi connectivity index (χ1) is 27.9. The van der Waals surface area contributed by atoms with E-state index in [-0.39, 0.29) is 34.4 Å². The van der Waals surface area contributed by atoms with Gasteiger partial charge in [-0.05, 0) is 141 Å². The summed E-state index contributed by atoms with van der Waals surface area (Å²) in [6, 6.07) is 35.2. The van der Waals surface area contributed by atoms with Crippen molar-refractivity contribution in [2.24, 2.45) is 16.7 Å². The lowest BCUT2D eigenvalue weighted by molar-refractivity contribution is 0.121. The van der Waals surface area contributed by atoms with Crippen LogP contribution < -0.4 is 14.6 Å². The molecule has 1 saturated carbocycles. The van der Waals surface area contributed by atoms with Crippen LogP contribution in [0.2, 0.25) is 0 Å². The average Bonchev–Trinajstić information content (AvgIpc) is 3.58. The number of rotatable bonds is 3. The molecule has 59 heavy (non-hydrogen) atoms. The minimum absolute atomic E-state index is 0.0554. The molecular weight excluding hydrogens is 731 g/mol. The zero-order chi connectivity index (χ0) is 41.4. The van der Waals surface area contributed by atoms with Crippen LogP contribution in [0.3, 0.4) is 0 Å². The van der Waals surface area contributed by atoms with Crippen molar-refractivity contribution in [1.29, 1.82) is 0 Å². The number of hydrogen-bond donors (Lipinski definition) is 0. The van der Waals surface area contributed by atoms with Gasteiger partial charge in [-0.25, -0.2) is 0 Å². The van der Waals surface area contributed by atoms with Crippen LogP contribution in [-0.4, -0.2) is 12.8 Å². The maximum absolute atomic E-state index is 2.77. The Kier molecular flexibility index (Phi) is 8.67. The molecule has 3 aliphatic carbocycles. The van der Waals surface area contributed by atoms with Gasteiger partial charge in [-0.1, -0.05) is 142 Å². The van der Waals surface area contributed by atoms with Gasteiger partial charge < -0.3 is 9.80 Å². The molecule has 300 valence electrons. The number of anilines is 3. The fraction of sp³-hybridized carbons (Fsp3) is 0.382. The Morgan fingerprint density at radius 3 is 2.17 bits per heavy atom. The fourth-order valence-electron chi connectivity index (χ4n) is 11.2. The maximum atomic E-state index is 2.77. The Morgan fingerprint density at radius 1 is 0.763 bits per heavy atom. The van der Waals surface area contributed by atoms with Crippen molar-refractivity contribution >= 4 is 50.0 Å². The van der Waals surface area contributed by atoms with Crippen LogP contribution in [0.25, 0.3) is 21.2 Å². The Hall–Kier alpha value is -4.54. The predicted octanol–water partition coefficient (Wildman–Crippen LogP) is 14.6. The first-order valence-corrected chi connectivity index (χ1v) is 23.0. The van der Waals surface area contributed by atoms with E-state index in [9.17, 15) is 0 Å². The largest absolute Gasteiger partial charge is 0.334 e. The number of thiophene rings is 1. The van der Waals surface area contributed by atoms with Crippen LogP contribution in [0.15, 0.2) is 137 Å². The van der Waals surface area contributed by atoms with Gasteiger partial charge in [0.2, 0.25) is 0 Å². The normalized spacial score (nSPS) is 21.9. The standard InChI is InChI=1S/C55H61BN2S/c1-34-30-36(35-16-13-12-14-17-35)20-26-44(34)58-46-19-15-18-45-49(46)56(43-32-41-42(33-47(43)58)55(10,11)29-28-54(41,8)9)51-50(40-31-38(53(5,6)7)23-27-48(40)59-51)57(45)39-24-21-37(22-25-39)52(2,3)4/h12-17,19-27,30-32,42,45H,18,28-29,33H2,1-11H3. The highest BCUT2D eigenvalue weighted by Gasteiger charge is 2.54. The molecule has 5 aromatic rings. The van der Waals surface area contributed by atoms with E-state index in [2.05, 4.69) is 207 Å². The summed E-state index contributed by atoms with van der Waals surface area (Å²) in [7, 11) is 0. The van der Waals surface area contributed by atoms with Crippen molar-refractivity contribution in [3.8, 4) is 11.1 Å². The second kappa shape index (κ2) is 13.2. The molecule has 2 nitrogen and oxygen atoms in total. The topological polar surface area (TPSA) is 6.48 Å². The summed E-state index contributed by atoms with van der Waals surface area (Å²) >= 11 is 2.05. The van der Waals surface area contributed by atoms with E-state index in [0.717, 1.165) is 12.8 Å². The second-order valence-electron chi connectivity index (χ2n) is 21.7. The number of hydrogen-bond acceptors (Lipinski definition) is 3. The summed E-state index contributed by atoms with van der Waals surface area (Å²) in [6.45, 7) is 26.7. The quantitative estimate of drug-likeness (QED) is 0.168. The first kappa shape index (κ1) is 38.7. The molecule has 3 heterocycles. The Balaban J connectivity index is 1.26. The SMILES string of the molecule is Cc1cc(-c2ccccc2)ccc1N1C2=C3B(C4=C1CC1C(=C4)C(C)(C)CCC1(C)C)c1sc4ccc(C(C)(C)C)cc4c1N(c1ccc(C(C)(C)C)cc1)C3CC=C2. The van der Waals surface area contributed by atoms with Gasteiger partial charge in [-0.2, -0.15) is 0 Å². The van der Waals surface area contributed by atoms with E-state index in [1.54, 1.807) is 16.5 Å². The van der Waals surface area contributed by atoms with Gasteiger partial charge in [0, 0.05) is 37.6 Å². The van der Waals surface area contributed by atoms with Crippen molar-refractivity contribution in [3.05, 3.63) is 154 Å². The Bertz CT molecular complexity index is 2650. The molecule has 4 aromatic carbocycles. The molecule has 0 bridgehead atoms. The number of allylic oxidation sites excluding steroid dienone is 5. The summed E-state index contributed by atoms with van der Waals surface area (Å²) in [4.78, 5) is 5.51. The van der Waals surface area contributed by atoms with Gasteiger partial charge >= 0.3 is 0 Å². The minimum atomic E-state index is 0.0554. The lowest BCUT2D eigenvalue weighted by Crippen LogP contribution is -2.57. The summed E-state index contributed by atoms with van der Waals surface area (Å²) < 4.78 is 2.90. The Labute approximate surface area is 358 Å². The van der Waals surface area contributed by atoms with Crippen LogP contribution in [-0.2, 0) is 10.8 Å². The number of aryl methyl sites for hydroxylation is 1. The van der Waals surface area contributed by atoms with E-state index in [1.807, 2.05) is 0 Å². The van der Waals surface area contributed by atoms with Crippen molar-refractivity contribution < 1.29 is 0 Å². The zero-order valence-corrected chi connectivity index (χ0v) is 38.1. The molecule has 1 aromatic heterocycles. The summed E-state index contributed by atoms with van der Waals surface area (Å²) in [5.41, 5.74) is 18.9. The smallest absolute Gasteiger partial charge is 0.259 e. The number of benzene rings is 4. The third kappa shape index (κ3) is 6.09. The highest BCUT2D eigenvalue weighted by molar-refractivity contribution is 7.32. The van der Waals surface area contributed by atoms with E-state index < -0.39 is 0 Å². The van der Waals surface area contributed by atoms with Crippen molar-refractivity contribution in [2.45, 2.75) is 119 Å². The molecule has 4 heteroatoms. The molecule has 0 N–H and O–H groups in total. The Morgan fingerprint density at radius 2 is 1.47 bits per heavy atom. The van der Waals surface area contributed by atoms with Crippen LogP contribution in [0.1, 0.15) is 112 Å². The summed E-state index contributed by atoms with van der Waals surface area (Å²) in [5.74, 6) is 0.500. The van der Waals surface area contributed by atoms with Gasteiger partial charge in [0.1, 0.15) is 0 Å². The zero-order valence-electron chi connectivity index (χ0n) is 37.3. The van der Waals surface area contributed by atoms with Crippen molar-refractivity contribution in [2.75, 3.05) is 9.80 Å². The molecule has 1 fully saturated rings. The highest BCUT2D eigenvalue weighted by Crippen LogP contribution is 2.60. The third-order valence-electron chi connectivity index (χ3n) is 14.9. The molecular formula is C55H61BN2S.